The van der Waals surface area contributed by atoms with E-state index in [1.165, 1.54) is 0 Å². The van der Waals surface area contributed by atoms with Gasteiger partial charge in [0.05, 0.1) is 19.1 Å². The molecule has 0 bridgehead atoms. The Morgan fingerprint density at radius 3 is 2.50 bits per heavy atom. The Balaban J connectivity index is 2.10. The van der Waals surface area contributed by atoms with Crippen molar-refractivity contribution in [3.63, 3.8) is 0 Å². The van der Waals surface area contributed by atoms with Crippen LogP contribution in [0.3, 0.4) is 0 Å². The van der Waals surface area contributed by atoms with Crippen molar-refractivity contribution in [2.24, 2.45) is 5.92 Å². The van der Waals surface area contributed by atoms with Crippen LogP contribution in [0.1, 0.15) is 25.7 Å². The van der Waals surface area contributed by atoms with Crippen molar-refractivity contribution >= 4 is 11.9 Å². The van der Waals surface area contributed by atoms with Crippen LogP contribution in [0.4, 0.5) is 0 Å². The molecule has 1 aliphatic rings. The molecule has 0 aromatic heterocycles. The summed E-state index contributed by atoms with van der Waals surface area (Å²) in [6.45, 7) is 1.31. The maximum Gasteiger partial charge on any atom is 0.306 e. The minimum absolute atomic E-state index is 0.0487. The number of carboxylic acid groups (broad SMARTS) is 1. The molecule has 0 saturated heterocycles. The molecule has 0 radical (unpaired) electrons. The lowest BCUT2D eigenvalue weighted by Crippen LogP contribution is -2.42. The molecule has 0 heterocycles. The van der Waals surface area contributed by atoms with Gasteiger partial charge in [-0.2, -0.15) is 0 Å². The predicted octanol–water partition coefficient (Wildman–Crippen LogP) is -0.0180. The first-order valence-corrected chi connectivity index (χ1v) is 6.35. The van der Waals surface area contributed by atoms with Gasteiger partial charge < -0.3 is 20.5 Å². The van der Waals surface area contributed by atoms with Crippen LogP contribution in [0.5, 0.6) is 0 Å². The predicted molar refractivity (Wildman–Crippen MR) is 66.3 cm³/mol. The molecule has 0 atom stereocenters. The number of methoxy groups -OCH3 is 1. The third-order valence-corrected chi connectivity index (χ3v) is 3.26. The van der Waals surface area contributed by atoms with Crippen molar-refractivity contribution in [3.8, 4) is 0 Å². The number of nitrogens with one attached hydrogen (secondary N) is 2. The van der Waals surface area contributed by atoms with Crippen LogP contribution < -0.4 is 10.6 Å². The second-order valence-corrected chi connectivity index (χ2v) is 4.61. The van der Waals surface area contributed by atoms with E-state index in [1.807, 2.05) is 0 Å². The fraction of sp³-hybridized carbons (Fsp3) is 0.833. The molecule has 18 heavy (non-hydrogen) atoms. The normalized spacial score (nSPS) is 23.6. The van der Waals surface area contributed by atoms with E-state index in [0.29, 0.717) is 26.0 Å². The summed E-state index contributed by atoms with van der Waals surface area (Å²) in [5, 5.41) is 14.8. The molecule has 6 nitrogen and oxygen atoms in total. The summed E-state index contributed by atoms with van der Waals surface area (Å²) in [7, 11) is 1.59. The van der Waals surface area contributed by atoms with E-state index in [1.54, 1.807) is 7.11 Å². The second kappa shape index (κ2) is 8.05. The van der Waals surface area contributed by atoms with Crippen molar-refractivity contribution in [2.45, 2.75) is 31.7 Å². The summed E-state index contributed by atoms with van der Waals surface area (Å²) in [4.78, 5) is 22.2. The summed E-state index contributed by atoms with van der Waals surface area (Å²) < 4.78 is 4.83. The van der Waals surface area contributed by atoms with E-state index in [9.17, 15) is 9.59 Å². The smallest absolute Gasteiger partial charge is 0.306 e. The van der Waals surface area contributed by atoms with Gasteiger partial charge in [-0.15, -0.1) is 0 Å². The lowest BCUT2D eigenvalue weighted by molar-refractivity contribution is -0.143. The van der Waals surface area contributed by atoms with Crippen LogP contribution in [0, 0.1) is 5.92 Å². The average Bonchev–Trinajstić information content (AvgIpc) is 2.37. The fourth-order valence-electron chi connectivity index (χ4n) is 2.14. The van der Waals surface area contributed by atoms with E-state index in [-0.39, 0.29) is 24.4 Å². The lowest BCUT2D eigenvalue weighted by atomic mass is 9.86. The van der Waals surface area contributed by atoms with Gasteiger partial charge in [0.2, 0.25) is 5.91 Å². The number of carboxylic acids is 1. The number of carbonyl (C=O) groups excluding carboxylic acids is 1. The van der Waals surface area contributed by atoms with Crippen LogP contribution in [0.25, 0.3) is 0 Å². The van der Waals surface area contributed by atoms with Gasteiger partial charge in [-0.05, 0) is 25.7 Å². The average molecular weight is 258 g/mol. The first kappa shape index (κ1) is 14.9. The zero-order valence-electron chi connectivity index (χ0n) is 10.8. The molecule has 0 spiro atoms. The minimum atomic E-state index is -0.703. The maximum absolute atomic E-state index is 11.4. The molecule has 0 aromatic rings. The van der Waals surface area contributed by atoms with E-state index in [0.717, 1.165) is 12.8 Å². The Labute approximate surface area is 107 Å². The number of aliphatic carboxylic acids is 1. The Bertz CT molecular complexity index is 275. The van der Waals surface area contributed by atoms with Crippen molar-refractivity contribution in [1.82, 2.24) is 10.6 Å². The highest BCUT2D eigenvalue weighted by atomic mass is 16.5. The molecule has 3 N–H and O–H groups in total. The maximum atomic E-state index is 11.4. The topological polar surface area (TPSA) is 87.7 Å². The Kier molecular flexibility index (Phi) is 6.67. The summed E-state index contributed by atoms with van der Waals surface area (Å²) in [6, 6.07) is 0.258. The van der Waals surface area contributed by atoms with Crippen LogP contribution in [0.15, 0.2) is 0 Å². The van der Waals surface area contributed by atoms with Gasteiger partial charge in [0.1, 0.15) is 0 Å². The van der Waals surface area contributed by atoms with Crippen molar-refractivity contribution in [3.05, 3.63) is 0 Å². The van der Waals surface area contributed by atoms with Crippen molar-refractivity contribution in [1.29, 1.82) is 0 Å². The van der Waals surface area contributed by atoms with Gasteiger partial charge in [-0.25, -0.2) is 0 Å². The first-order chi connectivity index (χ1) is 8.63. The molecule has 1 rings (SSSR count). The monoisotopic (exact) mass is 258 g/mol. The summed E-state index contributed by atoms with van der Waals surface area (Å²) in [5.41, 5.74) is 0. The number of carbonyl (C=O) groups is 2. The highest BCUT2D eigenvalue weighted by Gasteiger charge is 2.25. The quantitative estimate of drug-likeness (QED) is 0.559. The Hall–Kier alpha value is -1.14. The number of rotatable bonds is 7. The standard InChI is InChI=1S/C12H22N2O4/c1-18-7-6-13-11(15)8-14-10-4-2-9(3-5-10)12(16)17/h9-10,14H,2-8H2,1H3,(H,13,15)(H,16,17). The molecular weight excluding hydrogens is 236 g/mol. The number of amides is 1. The molecule has 0 aliphatic heterocycles. The largest absolute Gasteiger partial charge is 0.481 e. The van der Waals surface area contributed by atoms with E-state index < -0.39 is 5.97 Å². The van der Waals surface area contributed by atoms with E-state index in [2.05, 4.69) is 10.6 Å². The van der Waals surface area contributed by atoms with Gasteiger partial charge in [-0.1, -0.05) is 0 Å². The van der Waals surface area contributed by atoms with E-state index in [4.69, 9.17) is 9.84 Å². The lowest BCUT2D eigenvalue weighted by Gasteiger charge is -2.26. The Morgan fingerprint density at radius 1 is 1.28 bits per heavy atom. The van der Waals surface area contributed by atoms with Crippen LogP contribution in [-0.2, 0) is 14.3 Å². The van der Waals surface area contributed by atoms with Crippen molar-refractivity contribution < 1.29 is 19.4 Å². The molecule has 1 saturated carbocycles. The number of ether oxygens (including phenoxy) is 1. The van der Waals surface area contributed by atoms with Crippen LogP contribution in [0.2, 0.25) is 0 Å². The first-order valence-electron chi connectivity index (χ1n) is 6.35. The summed E-state index contributed by atoms with van der Waals surface area (Å²) in [5.74, 6) is -0.961. The van der Waals surface area contributed by atoms with Gasteiger partial charge in [0.25, 0.3) is 0 Å². The second-order valence-electron chi connectivity index (χ2n) is 4.61. The van der Waals surface area contributed by atoms with Gasteiger partial charge in [-0.3, -0.25) is 9.59 Å². The SMILES string of the molecule is COCCNC(=O)CNC1CCC(C(=O)O)CC1. The number of hydrogen-bond donors (Lipinski definition) is 3. The van der Waals surface area contributed by atoms with Gasteiger partial charge in [0.15, 0.2) is 0 Å². The zero-order valence-corrected chi connectivity index (χ0v) is 10.8. The zero-order chi connectivity index (χ0) is 13.4. The van der Waals surface area contributed by atoms with Crippen molar-refractivity contribution in [2.75, 3.05) is 26.8 Å². The van der Waals surface area contributed by atoms with Gasteiger partial charge >= 0.3 is 5.97 Å². The molecule has 1 aliphatic carbocycles. The highest BCUT2D eigenvalue weighted by molar-refractivity contribution is 5.78. The molecule has 6 heteroatoms. The van der Waals surface area contributed by atoms with Crippen LogP contribution in [-0.4, -0.2) is 49.8 Å². The van der Waals surface area contributed by atoms with E-state index >= 15 is 0 Å². The number of hydrogen-bond acceptors (Lipinski definition) is 4. The summed E-state index contributed by atoms with van der Waals surface area (Å²) >= 11 is 0. The third kappa shape index (κ3) is 5.46. The molecule has 1 amide bonds. The third-order valence-electron chi connectivity index (χ3n) is 3.26. The Morgan fingerprint density at radius 2 is 1.94 bits per heavy atom. The van der Waals surface area contributed by atoms with Gasteiger partial charge in [0, 0.05) is 19.7 Å². The fourth-order valence-corrected chi connectivity index (χ4v) is 2.14. The molecule has 1 fully saturated rings. The molecule has 104 valence electrons. The van der Waals surface area contributed by atoms with Crippen LogP contribution >= 0.6 is 0 Å². The minimum Gasteiger partial charge on any atom is -0.481 e. The molecule has 0 unspecified atom stereocenters. The molecule has 0 aromatic carbocycles. The highest BCUT2D eigenvalue weighted by Crippen LogP contribution is 2.24. The molecular formula is C12H22N2O4. The summed E-state index contributed by atoms with van der Waals surface area (Å²) in [6.07, 6.45) is 3.03.